The molecule has 0 radical (unpaired) electrons. The Balaban J connectivity index is 2.07. The first kappa shape index (κ1) is 13.1. The summed E-state index contributed by atoms with van der Waals surface area (Å²) in [6, 6.07) is 8.98. The van der Waals surface area contributed by atoms with Crippen LogP contribution in [0.3, 0.4) is 0 Å². The van der Waals surface area contributed by atoms with E-state index in [9.17, 15) is 9.18 Å². The number of anilines is 1. The monoisotopic (exact) mass is 285 g/mol. The van der Waals surface area contributed by atoms with Crippen molar-refractivity contribution in [2.75, 3.05) is 5.73 Å². The number of nitrogens with zero attached hydrogens (tertiary/aromatic N) is 1. The van der Waals surface area contributed by atoms with E-state index >= 15 is 0 Å². The zero-order valence-corrected chi connectivity index (χ0v) is 11.2. The number of hydrogen-bond donors (Lipinski definition) is 2. The van der Waals surface area contributed by atoms with Crippen LogP contribution in [0, 0.1) is 12.7 Å². The van der Waals surface area contributed by atoms with Gasteiger partial charge in [-0.2, -0.15) is 4.98 Å². The third kappa shape index (κ3) is 2.55. The zero-order chi connectivity index (χ0) is 15.0. The number of hydrogen-bond acceptors (Lipinski definition) is 4. The summed E-state index contributed by atoms with van der Waals surface area (Å²) in [5.41, 5.74) is 6.94. The summed E-state index contributed by atoms with van der Waals surface area (Å²) in [7, 11) is 0. The Morgan fingerprint density at radius 3 is 2.86 bits per heavy atom. The normalized spacial score (nSPS) is 10.8. The number of benzene rings is 2. The fourth-order valence-corrected chi connectivity index (χ4v) is 1.97. The number of nitrogen functional groups attached to an aromatic ring is 1. The van der Waals surface area contributed by atoms with Gasteiger partial charge in [0.05, 0.1) is 10.9 Å². The fourth-order valence-electron chi connectivity index (χ4n) is 1.97. The van der Waals surface area contributed by atoms with Crippen molar-refractivity contribution in [3.8, 4) is 11.8 Å². The SMILES string of the molecule is Cc1ccc(F)cc1Oc1nc2ccc(N)cc2c(=O)[nH]1. The summed E-state index contributed by atoms with van der Waals surface area (Å²) in [4.78, 5) is 18.7. The number of halogens is 1. The van der Waals surface area contributed by atoms with Gasteiger partial charge in [-0.05, 0) is 36.8 Å². The van der Waals surface area contributed by atoms with E-state index in [2.05, 4.69) is 9.97 Å². The first-order valence-corrected chi connectivity index (χ1v) is 6.26. The lowest BCUT2D eigenvalue weighted by Gasteiger charge is -2.08. The van der Waals surface area contributed by atoms with Gasteiger partial charge < -0.3 is 10.5 Å². The molecule has 1 aromatic heterocycles. The van der Waals surface area contributed by atoms with E-state index in [0.717, 1.165) is 5.56 Å². The molecule has 2 aromatic carbocycles. The van der Waals surface area contributed by atoms with E-state index in [1.807, 2.05) is 0 Å². The van der Waals surface area contributed by atoms with Crippen molar-refractivity contribution < 1.29 is 9.13 Å². The van der Waals surface area contributed by atoms with Gasteiger partial charge in [0.1, 0.15) is 11.6 Å². The smallest absolute Gasteiger partial charge is 0.302 e. The van der Waals surface area contributed by atoms with Crippen LogP contribution in [-0.4, -0.2) is 9.97 Å². The topological polar surface area (TPSA) is 81.0 Å². The number of aryl methyl sites for hydroxylation is 1. The molecule has 0 unspecified atom stereocenters. The molecule has 0 saturated heterocycles. The van der Waals surface area contributed by atoms with E-state index in [0.29, 0.717) is 22.3 Å². The number of H-pyrrole nitrogens is 1. The van der Waals surface area contributed by atoms with Crippen molar-refractivity contribution in [1.82, 2.24) is 9.97 Å². The zero-order valence-electron chi connectivity index (χ0n) is 11.2. The third-order valence-electron chi connectivity index (χ3n) is 3.06. The Kier molecular flexibility index (Phi) is 3.06. The molecule has 3 aromatic rings. The molecule has 21 heavy (non-hydrogen) atoms. The van der Waals surface area contributed by atoms with Gasteiger partial charge in [0.15, 0.2) is 0 Å². The molecule has 1 heterocycles. The molecule has 0 saturated carbocycles. The number of nitrogens with two attached hydrogens (primary N) is 1. The third-order valence-corrected chi connectivity index (χ3v) is 3.06. The predicted molar refractivity (Wildman–Crippen MR) is 78.0 cm³/mol. The highest BCUT2D eigenvalue weighted by atomic mass is 19.1. The van der Waals surface area contributed by atoms with Gasteiger partial charge in [0, 0.05) is 11.8 Å². The van der Waals surface area contributed by atoms with Crippen molar-refractivity contribution in [1.29, 1.82) is 0 Å². The first-order valence-electron chi connectivity index (χ1n) is 6.26. The quantitative estimate of drug-likeness (QED) is 0.709. The average Bonchev–Trinajstić information content (AvgIpc) is 2.44. The van der Waals surface area contributed by atoms with Gasteiger partial charge in [-0.3, -0.25) is 9.78 Å². The Morgan fingerprint density at radius 2 is 2.05 bits per heavy atom. The van der Waals surface area contributed by atoms with Crippen LogP contribution < -0.4 is 16.0 Å². The second kappa shape index (κ2) is 4.90. The van der Waals surface area contributed by atoms with Crippen molar-refractivity contribution in [3.05, 3.63) is 58.1 Å². The first-order chi connectivity index (χ1) is 10.0. The van der Waals surface area contributed by atoms with E-state index in [4.69, 9.17) is 10.5 Å². The number of nitrogens with one attached hydrogen (secondary N) is 1. The van der Waals surface area contributed by atoms with Gasteiger partial charge >= 0.3 is 6.01 Å². The molecule has 0 aliphatic heterocycles. The largest absolute Gasteiger partial charge is 0.425 e. The Labute approximate surface area is 119 Å². The molecule has 3 N–H and O–H groups in total. The summed E-state index contributed by atoms with van der Waals surface area (Å²) in [6.45, 7) is 1.77. The number of ether oxygens (including phenoxy) is 1. The summed E-state index contributed by atoms with van der Waals surface area (Å²) in [5.74, 6) is -0.126. The molecule has 0 atom stereocenters. The molecule has 106 valence electrons. The Bertz CT molecular complexity index is 890. The standard InChI is InChI=1S/C15H12FN3O2/c1-8-2-3-9(16)6-13(8)21-15-18-12-5-4-10(17)7-11(12)14(20)19-15/h2-7H,17H2,1H3,(H,18,19,20). The molecular weight excluding hydrogens is 273 g/mol. The van der Waals surface area contributed by atoms with Crippen molar-refractivity contribution in [2.24, 2.45) is 0 Å². The van der Waals surface area contributed by atoms with Crippen LogP contribution in [0.5, 0.6) is 11.8 Å². The number of aromatic amines is 1. The predicted octanol–water partition coefficient (Wildman–Crippen LogP) is 2.75. The molecule has 5 nitrogen and oxygen atoms in total. The van der Waals surface area contributed by atoms with Crippen LogP contribution in [0.15, 0.2) is 41.2 Å². The van der Waals surface area contributed by atoms with E-state index in [1.165, 1.54) is 12.1 Å². The van der Waals surface area contributed by atoms with E-state index in [1.54, 1.807) is 31.2 Å². The molecule has 0 aliphatic carbocycles. The Morgan fingerprint density at radius 1 is 1.24 bits per heavy atom. The molecule has 0 bridgehead atoms. The minimum atomic E-state index is -0.425. The molecule has 0 amide bonds. The van der Waals surface area contributed by atoms with Crippen LogP contribution in [0.2, 0.25) is 0 Å². The maximum atomic E-state index is 13.2. The summed E-state index contributed by atoms with van der Waals surface area (Å²) < 4.78 is 18.7. The lowest BCUT2D eigenvalue weighted by Crippen LogP contribution is -2.10. The Hall–Kier alpha value is -2.89. The number of fused-ring (bicyclic) bond motifs is 1. The lowest BCUT2D eigenvalue weighted by molar-refractivity contribution is 0.435. The van der Waals surface area contributed by atoms with Crippen LogP contribution in [0.1, 0.15) is 5.56 Å². The maximum Gasteiger partial charge on any atom is 0.302 e. The van der Waals surface area contributed by atoms with Crippen LogP contribution in [-0.2, 0) is 0 Å². The average molecular weight is 285 g/mol. The molecular formula is C15H12FN3O2. The molecule has 0 spiro atoms. The van der Waals surface area contributed by atoms with Gasteiger partial charge in [-0.25, -0.2) is 4.39 Å². The highest BCUT2D eigenvalue weighted by molar-refractivity contribution is 5.81. The molecule has 6 heteroatoms. The molecule has 3 rings (SSSR count). The van der Waals surface area contributed by atoms with Crippen LogP contribution in [0.25, 0.3) is 10.9 Å². The van der Waals surface area contributed by atoms with Gasteiger partial charge in [0.2, 0.25) is 0 Å². The van der Waals surface area contributed by atoms with Gasteiger partial charge in [-0.15, -0.1) is 0 Å². The molecule has 0 fully saturated rings. The van der Waals surface area contributed by atoms with Crippen LogP contribution >= 0.6 is 0 Å². The number of rotatable bonds is 2. The highest BCUT2D eigenvalue weighted by Gasteiger charge is 2.08. The van der Waals surface area contributed by atoms with Crippen molar-refractivity contribution >= 4 is 16.6 Å². The summed E-state index contributed by atoms with van der Waals surface area (Å²) >= 11 is 0. The van der Waals surface area contributed by atoms with Gasteiger partial charge in [0.25, 0.3) is 5.56 Å². The lowest BCUT2D eigenvalue weighted by atomic mass is 10.2. The minimum absolute atomic E-state index is 0.00553. The summed E-state index contributed by atoms with van der Waals surface area (Å²) in [5, 5.41) is 0.373. The minimum Gasteiger partial charge on any atom is -0.425 e. The maximum absolute atomic E-state index is 13.2. The van der Waals surface area contributed by atoms with E-state index in [-0.39, 0.29) is 11.6 Å². The van der Waals surface area contributed by atoms with Gasteiger partial charge in [-0.1, -0.05) is 6.07 Å². The van der Waals surface area contributed by atoms with Crippen molar-refractivity contribution in [2.45, 2.75) is 6.92 Å². The van der Waals surface area contributed by atoms with Crippen molar-refractivity contribution in [3.63, 3.8) is 0 Å². The van der Waals surface area contributed by atoms with Crippen LogP contribution in [0.4, 0.5) is 10.1 Å². The second-order valence-corrected chi connectivity index (χ2v) is 4.66. The molecule has 0 aliphatic rings. The van der Waals surface area contributed by atoms with E-state index < -0.39 is 5.82 Å². The second-order valence-electron chi connectivity index (χ2n) is 4.66. The summed E-state index contributed by atoms with van der Waals surface area (Å²) in [6.07, 6.45) is 0. The highest BCUT2D eigenvalue weighted by Crippen LogP contribution is 2.24. The number of aromatic nitrogens is 2. The fraction of sp³-hybridized carbons (Fsp3) is 0.0667.